The van der Waals surface area contributed by atoms with Crippen molar-refractivity contribution in [3.05, 3.63) is 88.5 Å². The quantitative estimate of drug-likeness (QED) is 0.309. The number of aromatic nitrogens is 2. The first kappa shape index (κ1) is 20.5. The number of rotatable bonds is 6. The molecule has 0 spiro atoms. The van der Waals surface area contributed by atoms with Gasteiger partial charge in [-0.3, -0.25) is 15.4 Å². The molecule has 0 aliphatic carbocycles. The molecule has 0 aliphatic heterocycles. The highest BCUT2D eigenvalue weighted by Gasteiger charge is 2.19. The summed E-state index contributed by atoms with van der Waals surface area (Å²) in [6.07, 6.45) is 0. The number of carbonyl (C=O) groups excluding carboxylic acids is 1. The minimum absolute atomic E-state index is 0.0698. The number of ether oxygens (including phenoxy) is 1. The summed E-state index contributed by atoms with van der Waals surface area (Å²) in [5, 5.41) is 24.2. The highest BCUT2D eigenvalue weighted by Crippen LogP contribution is 2.36. The Morgan fingerprint density at radius 3 is 2.50 bits per heavy atom. The summed E-state index contributed by atoms with van der Waals surface area (Å²) in [5.74, 6) is 0.423. The number of hydrogen-bond donors (Lipinski definition) is 2. The smallest absolute Gasteiger partial charge is 0.327 e. The maximum atomic E-state index is 12.2. The third-order valence-corrected chi connectivity index (χ3v) is 4.32. The average molecular weight is 431 g/mol. The lowest BCUT2D eigenvalue weighted by Crippen LogP contribution is -2.19. The van der Waals surface area contributed by atoms with Crippen molar-refractivity contribution >= 4 is 23.4 Å². The van der Waals surface area contributed by atoms with Gasteiger partial charge in [0.25, 0.3) is 5.89 Å². The molecule has 0 aliphatic rings. The summed E-state index contributed by atoms with van der Waals surface area (Å²) in [7, 11) is 0. The van der Waals surface area contributed by atoms with Crippen LogP contribution in [-0.4, -0.2) is 21.2 Å². The van der Waals surface area contributed by atoms with Crippen LogP contribution >= 0.6 is 0 Å². The predicted molar refractivity (Wildman–Crippen MR) is 117 cm³/mol. The fourth-order valence-electron chi connectivity index (χ4n) is 2.91. The molecule has 2 N–H and O–H groups in total. The van der Waals surface area contributed by atoms with Crippen LogP contribution < -0.4 is 15.4 Å². The number of nitro benzene ring substituents is 1. The normalized spacial score (nSPS) is 10.4. The summed E-state index contributed by atoms with van der Waals surface area (Å²) < 4.78 is 11.3. The van der Waals surface area contributed by atoms with E-state index < -0.39 is 11.0 Å². The van der Waals surface area contributed by atoms with Crippen molar-refractivity contribution in [3.8, 4) is 23.0 Å². The van der Waals surface area contributed by atoms with E-state index in [1.165, 1.54) is 12.1 Å². The zero-order chi connectivity index (χ0) is 22.5. The summed E-state index contributed by atoms with van der Waals surface area (Å²) in [6, 6.07) is 19.4. The number of nitro groups is 1. The molecule has 160 valence electrons. The van der Waals surface area contributed by atoms with Crippen molar-refractivity contribution in [2.24, 2.45) is 0 Å². The molecule has 0 saturated heterocycles. The SMILES string of the molecule is Cc1cccc(NC(=O)Nc2nnc(-c3ccccc3Oc3ccccc3[N+](=O)[O-])o2)c1. The highest BCUT2D eigenvalue weighted by atomic mass is 16.6. The molecule has 0 radical (unpaired) electrons. The van der Waals surface area contributed by atoms with Crippen LogP contribution in [0.4, 0.5) is 22.2 Å². The number of benzene rings is 3. The molecule has 0 fully saturated rings. The lowest BCUT2D eigenvalue weighted by atomic mass is 10.2. The molecule has 10 heteroatoms. The molecule has 0 unspecified atom stereocenters. The number of para-hydroxylation sites is 3. The third kappa shape index (κ3) is 4.70. The first-order chi connectivity index (χ1) is 15.5. The van der Waals surface area contributed by atoms with Crippen LogP contribution in [0.5, 0.6) is 11.5 Å². The fourth-order valence-corrected chi connectivity index (χ4v) is 2.91. The van der Waals surface area contributed by atoms with E-state index in [1.807, 2.05) is 25.1 Å². The standard InChI is InChI=1S/C22H17N5O5/c1-14-7-6-8-15(13-14)23-21(28)24-22-26-25-20(32-22)16-9-2-4-11-18(16)31-19-12-5-3-10-17(19)27(29)30/h2-13H,1H3,(H2,23,24,26,28). The van der Waals surface area contributed by atoms with Gasteiger partial charge < -0.3 is 14.5 Å². The van der Waals surface area contributed by atoms with Gasteiger partial charge in [-0.2, -0.15) is 0 Å². The second-order valence-electron chi connectivity index (χ2n) is 6.68. The first-order valence-corrected chi connectivity index (χ1v) is 9.48. The Morgan fingerprint density at radius 1 is 0.969 bits per heavy atom. The zero-order valence-electron chi connectivity index (χ0n) is 16.8. The molecule has 4 aromatic rings. The summed E-state index contributed by atoms with van der Waals surface area (Å²) in [6.45, 7) is 1.91. The average Bonchev–Trinajstić information content (AvgIpc) is 3.22. The van der Waals surface area contributed by atoms with Gasteiger partial charge in [-0.25, -0.2) is 4.79 Å². The number of amides is 2. The highest BCUT2D eigenvalue weighted by molar-refractivity contribution is 5.98. The van der Waals surface area contributed by atoms with Gasteiger partial charge in [-0.05, 0) is 42.8 Å². The van der Waals surface area contributed by atoms with Crippen LogP contribution in [-0.2, 0) is 0 Å². The Labute approximate surface area is 182 Å². The van der Waals surface area contributed by atoms with Gasteiger partial charge in [0, 0.05) is 11.8 Å². The molecule has 32 heavy (non-hydrogen) atoms. The number of anilines is 2. The first-order valence-electron chi connectivity index (χ1n) is 9.48. The number of carbonyl (C=O) groups is 1. The van der Waals surface area contributed by atoms with E-state index in [-0.39, 0.29) is 29.1 Å². The minimum Gasteiger partial charge on any atom is -0.449 e. The van der Waals surface area contributed by atoms with Gasteiger partial charge in [0.15, 0.2) is 0 Å². The maximum Gasteiger partial charge on any atom is 0.327 e. The van der Waals surface area contributed by atoms with E-state index >= 15 is 0 Å². The lowest BCUT2D eigenvalue weighted by Gasteiger charge is -2.09. The molecule has 0 bridgehead atoms. The van der Waals surface area contributed by atoms with Gasteiger partial charge in [0.2, 0.25) is 5.75 Å². The van der Waals surface area contributed by atoms with Gasteiger partial charge in [-0.15, -0.1) is 5.10 Å². The van der Waals surface area contributed by atoms with Crippen LogP contribution in [0.3, 0.4) is 0 Å². The zero-order valence-corrected chi connectivity index (χ0v) is 16.8. The largest absolute Gasteiger partial charge is 0.449 e. The molecule has 0 saturated carbocycles. The van der Waals surface area contributed by atoms with E-state index in [0.29, 0.717) is 11.3 Å². The van der Waals surface area contributed by atoms with Gasteiger partial charge in [-0.1, -0.05) is 41.5 Å². The van der Waals surface area contributed by atoms with Crippen molar-refractivity contribution in [2.75, 3.05) is 10.6 Å². The molecule has 0 atom stereocenters. The molecule has 2 amide bonds. The monoisotopic (exact) mass is 431 g/mol. The lowest BCUT2D eigenvalue weighted by molar-refractivity contribution is -0.385. The molecule has 10 nitrogen and oxygen atoms in total. The van der Waals surface area contributed by atoms with E-state index in [2.05, 4.69) is 20.8 Å². The molecule has 1 heterocycles. The summed E-state index contributed by atoms with van der Waals surface area (Å²) in [4.78, 5) is 22.9. The Bertz CT molecular complexity index is 1290. The molecule has 3 aromatic carbocycles. The Balaban J connectivity index is 1.52. The summed E-state index contributed by atoms with van der Waals surface area (Å²) >= 11 is 0. The van der Waals surface area contributed by atoms with Crippen molar-refractivity contribution < 1.29 is 18.9 Å². The van der Waals surface area contributed by atoms with E-state index in [0.717, 1.165) is 5.56 Å². The van der Waals surface area contributed by atoms with E-state index in [9.17, 15) is 14.9 Å². The van der Waals surface area contributed by atoms with Gasteiger partial charge in [0.1, 0.15) is 5.75 Å². The molecule has 1 aromatic heterocycles. The second-order valence-corrected chi connectivity index (χ2v) is 6.68. The number of aryl methyl sites for hydroxylation is 1. The number of hydrogen-bond acceptors (Lipinski definition) is 7. The Kier molecular flexibility index (Phi) is 5.75. The predicted octanol–water partition coefficient (Wildman–Crippen LogP) is 5.39. The third-order valence-electron chi connectivity index (χ3n) is 4.32. The second kappa shape index (κ2) is 8.96. The van der Waals surface area contributed by atoms with Crippen LogP contribution in [0.2, 0.25) is 0 Å². The summed E-state index contributed by atoms with van der Waals surface area (Å²) in [5.41, 5.74) is 1.84. The fraction of sp³-hybridized carbons (Fsp3) is 0.0455. The van der Waals surface area contributed by atoms with Crippen molar-refractivity contribution in [2.45, 2.75) is 6.92 Å². The molecule has 4 rings (SSSR count). The number of urea groups is 1. The van der Waals surface area contributed by atoms with Crippen molar-refractivity contribution in [3.63, 3.8) is 0 Å². The van der Waals surface area contributed by atoms with Crippen LogP contribution in [0.25, 0.3) is 11.5 Å². The van der Waals surface area contributed by atoms with Gasteiger partial charge in [0.05, 0.1) is 10.5 Å². The molecular weight excluding hydrogens is 414 g/mol. The maximum absolute atomic E-state index is 12.2. The van der Waals surface area contributed by atoms with E-state index in [1.54, 1.807) is 42.5 Å². The number of nitrogens with zero attached hydrogens (tertiary/aromatic N) is 3. The minimum atomic E-state index is -0.546. The van der Waals surface area contributed by atoms with E-state index in [4.69, 9.17) is 9.15 Å². The van der Waals surface area contributed by atoms with Crippen LogP contribution in [0.1, 0.15) is 5.56 Å². The van der Waals surface area contributed by atoms with Gasteiger partial charge >= 0.3 is 17.7 Å². The topological polar surface area (TPSA) is 132 Å². The van der Waals surface area contributed by atoms with Crippen molar-refractivity contribution in [1.82, 2.24) is 10.2 Å². The number of nitrogens with one attached hydrogen (secondary N) is 2. The Hall–Kier alpha value is -4.73. The molecular formula is C22H17N5O5. The Morgan fingerprint density at radius 2 is 1.72 bits per heavy atom. The van der Waals surface area contributed by atoms with Crippen molar-refractivity contribution in [1.29, 1.82) is 0 Å². The van der Waals surface area contributed by atoms with Crippen LogP contribution in [0, 0.1) is 17.0 Å². The van der Waals surface area contributed by atoms with Crippen LogP contribution in [0.15, 0.2) is 77.2 Å².